The molecule has 0 fully saturated rings. The van der Waals surface area contributed by atoms with Crippen molar-refractivity contribution in [3.63, 3.8) is 0 Å². The fraction of sp³-hybridized carbons (Fsp3) is 0.341. The van der Waals surface area contributed by atoms with Gasteiger partial charge in [-0.2, -0.15) is 0 Å². The fourth-order valence-corrected chi connectivity index (χ4v) is 17.7. The molecule has 0 spiro atoms. The molecule has 0 radical (unpaired) electrons. The normalized spacial score (nSPS) is 15.1. The van der Waals surface area contributed by atoms with Gasteiger partial charge in [0.05, 0.1) is 0 Å². The van der Waals surface area contributed by atoms with Crippen molar-refractivity contribution in [2.45, 2.75) is 182 Å². The second kappa shape index (κ2) is 23.2. The van der Waals surface area contributed by atoms with E-state index in [2.05, 4.69) is 61.5 Å². The third-order valence-corrected chi connectivity index (χ3v) is 21.5. The van der Waals surface area contributed by atoms with Gasteiger partial charge in [0.2, 0.25) is 0 Å². The first-order chi connectivity index (χ1) is 45.7. The predicted molar refractivity (Wildman–Crippen MR) is 376 cm³/mol. The van der Waals surface area contributed by atoms with E-state index in [0.717, 1.165) is 127 Å². The maximum Gasteiger partial charge on any atom is 0.261 e. The average Bonchev–Trinajstić information content (AvgIpc) is 0.689. The topological polar surface area (TPSA) is 150 Å². The summed E-state index contributed by atoms with van der Waals surface area (Å²) in [5.41, 5.74) is 6.36. The van der Waals surface area contributed by atoms with Crippen LogP contribution in [0.3, 0.4) is 0 Å². The summed E-state index contributed by atoms with van der Waals surface area (Å²) in [6.07, 6.45) is 11.7. The zero-order valence-electron chi connectivity index (χ0n) is 55.1. The van der Waals surface area contributed by atoms with Crippen molar-refractivity contribution in [1.29, 1.82) is 0 Å². The van der Waals surface area contributed by atoms with E-state index in [1.807, 2.05) is 103 Å². The number of benzene rings is 11. The van der Waals surface area contributed by atoms with Crippen LogP contribution in [0.4, 0.5) is 0 Å². The van der Waals surface area contributed by atoms with Gasteiger partial charge in [-0.3, -0.25) is 58.0 Å². The maximum atomic E-state index is 15.7. The van der Waals surface area contributed by atoms with Crippen LogP contribution in [0.1, 0.15) is 241 Å². The summed E-state index contributed by atoms with van der Waals surface area (Å²) in [5.74, 6) is -2.64. The Morgan fingerprint density at radius 1 is 0.223 bits per heavy atom. The molecule has 4 heterocycles. The van der Waals surface area contributed by atoms with Gasteiger partial charge in [-0.25, -0.2) is 0 Å². The molecule has 12 heteroatoms. The summed E-state index contributed by atoms with van der Waals surface area (Å²) < 4.78 is 0. The first kappa shape index (κ1) is 60.8. The molecule has 4 aliphatic rings. The van der Waals surface area contributed by atoms with Crippen LogP contribution in [0.5, 0.6) is 0 Å². The van der Waals surface area contributed by atoms with E-state index >= 15 is 38.4 Å². The number of carbonyl (C=O) groups excluding carboxylic acids is 8. The quantitative estimate of drug-likeness (QED) is 0.0370. The van der Waals surface area contributed by atoms with Gasteiger partial charge in [0, 0.05) is 90.2 Å². The highest BCUT2D eigenvalue weighted by molar-refractivity contribution is 6.45. The maximum absolute atomic E-state index is 15.7. The summed E-state index contributed by atoms with van der Waals surface area (Å²) in [6, 6.07) is 33.9. The summed E-state index contributed by atoms with van der Waals surface area (Å²) in [7, 11) is 0. The zero-order valence-corrected chi connectivity index (χ0v) is 55.1. The van der Waals surface area contributed by atoms with Crippen molar-refractivity contribution in [2.24, 2.45) is 0 Å². The summed E-state index contributed by atoms with van der Waals surface area (Å²) in [6.45, 7) is 16.6. The molecular weight excluding hydrogens is 1170 g/mol. The molecule has 0 atom stereocenters. The number of fused-ring (bicyclic) bond motifs is 4. The van der Waals surface area contributed by atoms with E-state index in [1.165, 1.54) is 19.6 Å². The zero-order chi connectivity index (χ0) is 65.4. The predicted octanol–water partition coefficient (Wildman–Crippen LogP) is 19.4. The lowest BCUT2D eigenvalue weighted by Crippen LogP contribution is -2.47. The molecular formula is C82H78N4O8. The minimum atomic E-state index is -0.361. The number of rotatable bonds is 22. The van der Waals surface area contributed by atoms with E-state index in [1.54, 1.807) is 0 Å². The molecule has 12 nitrogen and oxygen atoms in total. The number of imide groups is 4. The molecule has 0 saturated carbocycles. The van der Waals surface area contributed by atoms with Gasteiger partial charge in [0.15, 0.2) is 0 Å². The summed E-state index contributed by atoms with van der Waals surface area (Å²) in [4.78, 5) is 128. The summed E-state index contributed by atoms with van der Waals surface area (Å²) in [5, 5.41) is 11.5. The third-order valence-electron chi connectivity index (χ3n) is 21.5. The van der Waals surface area contributed by atoms with Crippen molar-refractivity contribution in [3.8, 4) is 22.3 Å². The van der Waals surface area contributed by atoms with Crippen LogP contribution in [0, 0.1) is 0 Å². The Labute approximate surface area is 546 Å². The molecule has 15 rings (SSSR count). The largest absolute Gasteiger partial charge is 0.271 e. The monoisotopic (exact) mass is 1250 g/mol. The number of carbonyl (C=O) groups is 8. The lowest BCUT2D eigenvalue weighted by atomic mass is 9.78. The number of amides is 8. The van der Waals surface area contributed by atoms with Gasteiger partial charge in [0.25, 0.3) is 47.3 Å². The van der Waals surface area contributed by atoms with E-state index in [4.69, 9.17) is 0 Å². The number of hydrogen-bond acceptors (Lipinski definition) is 8. The van der Waals surface area contributed by atoms with Crippen LogP contribution in [-0.2, 0) is 0 Å². The second-order valence-electron chi connectivity index (χ2n) is 27.1. The molecule has 474 valence electrons. The third kappa shape index (κ3) is 8.48. The van der Waals surface area contributed by atoms with Crippen LogP contribution in [0.25, 0.3) is 108 Å². The molecule has 11 aromatic rings. The first-order valence-electron chi connectivity index (χ1n) is 34.8. The highest BCUT2D eigenvalue weighted by Gasteiger charge is 2.44. The minimum absolute atomic E-state index is 0.259. The van der Waals surface area contributed by atoms with E-state index in [9.17, 15) is 0 Å². The van der Waals surface area contributed by atoms with E-state index in [0.29, 0.717) is 129 Å². The molecule has 11 aromatic carbocycles. The second-order valence-corrected chi connectivity index (χ2v) is 27.1. The molecule has 8 amide bonds. The Bertz CT molecular complexity index is 4770. The Kier molecular flexibility index (Phi) is 15.0. The van der Waals surface area contributed by atoms with Crippen molar-refractivity contribution < 1.29 is 38.4 Å². The molecule has 4 aliphatic heterocycles. The van der Waals surface area contributed by atoms with Crippen LogP contribution in [-0.4, -0.2) is 91.0 Å². The lowest BCUT2D eigenvalue weighted by molar-refractivity contribution is 0.0505. The minimum Gasteiger partial charge on any atom is -0.271 e. The van der Waals surface area contributed by atoms with E-state index in [-0.39, 0.29) is 71.4 Å². The molecule has 94 heavy (non-hydrogen) atoms. The highest BCUT2D eigenvalue weighted by Crippen LogP contribution is 2.54. The number of hydrogen-bond donors (Lipinski definition) is 0. The van der Waals surface area contributed by atoms with Crippen LogP contribution in [0.2, 0.25) is 0 Å². The molecule has 0 aromatic heterocycles. The van der Waals surface area contributed by atoms with Gasteiger partial charge in [-0.05, 0) is 193 Å². The van der Waals surface area contributed by atoms with Gasteiger partial charge in [0.1, 0.15) is 0 Å². The van der Waals surface area contributed by atoms with Crippen molar-refractivity contribution in [2.75, 3.05) is 0 Å². The standard InChI is InChI=1S/C82H78N4O8/c1-9-18-45(19-10-2)83-75(87)55-34-28-49-51-30-36-59-71-63(81(93)85(79(59)91)47(22-13-5)23-14-6)41-61(67(73(51)71)53-32-38-57(77(83)89)69(55)65(49)53)43-26-17-27-44(40-43)62-42-64-72-60(80(92)86(82(64)94)48(24-15-7)25-16-8)37-31-52-50-29-35-56-70-58(39-33-54(66(50)70)68(62)74(52)72)78(90)84(76(56)88)46(20-11-3)21-12-4/h17,26-42,45-48H,9-16,18-25H2,1-8H3. The van der Waals surface area contributed by atoms with Crippen LogP contribution in [0.15, 0.2) is 109 Å². The van der Waals surface area contributed by atoms with Crippen molar-refractivity contribution in [3.05, 3.63) is 154 Å². The molecule has 0 bridgehead atoms. The molecule has 0 saturated heterocycles. The fourth-order valence-electron chi connectivity index (χ4n) is 17.7. The Balaban J connectivity index is 1.04. The number of nitrogens with zero attached hydrogens (tertiary/aromatic N) is 4. The lowest BCUT2D eigenvalue weighted by Gasteiger charge is -2.36. The van der Waals surface area contributed by atoms with E-state index < -0.39 is 0 Å². The van der Waals surface area contributed by atoms with Gasteiger partial charge in [-0.15, -0.1) is 0 Å². The van der Waals surface area contributed by atoms with Crippen LogP contribution >= 0.6 is 0 Å². The smallest absolute Gasteiger partial charge is 0.261 e. The van der Waals surface area contributed by atoms with Gasteiger partial charge in [-0.1, -0.05) is 161 Å². The molecule has 0 unspecified atom stereocenters. The Hall–Kier alpha value is -9.42. The molecule has 0 aliphatic carbocycles. The van der Waals surface area contributed by atoms with Gasteiger partial charge >= 0.3 is 0 Å². The first-order valence-corrected chi connectivity index (χ1v) is 34.8. The van der Waals surface area contributed by atoms with Gasteiger partial charge < -0.3 is 0 Å². The molecule has 0 N–H and O–H groups in total. The Morgan fingerprint density at radius 2 is 0.447 bits per heavy atom. The summed E-state index contributed by atoms with van der Waals surface area (Å²) >= 11 is 0. The average molecular weight is 1250 g/mol. The van der Waals surface area contributed by atoms with Crippen LogP contribution < -0.4 is 0 Å². The van der Waals surface area contributed by atoms with Crippen molar-refractivity contribution in [1.82, 2.24) is 19.6 Å². The SMILES string of the molecule is CCCC(CCC)N1C(=O)c2ccc3c4ccc5c6c(cc(-c7cccc(-c8cc9c%10c(ccc%11c%12ccc%13c%14c(ccc(c8c%10%11)c%14%12)C(=O)N(C(CCC)CCC)C%13=O)C(=O)N(C(CCC)CCC)C9=O)c7)c(c7ccc(c2c37)C1=O)c64)C(=O)N(C(CCC)CCC)C5=O. The van der Waals surface area contributed by atoms with Crippen molar-refractivity contribution >= 4 is 133 Å². The highest BCUT2D eigenvalue weighted by atomic mass is 16.2. The Morgan fingerprint density at radius 3 is 0.702 bits per heavy atom.